The third-order valence-electron chi connectivity index (χ3n) is 4.08. The summed E-state index contributed by atoms with van der Waals surface area (Å²) in [5.74, 6) is -1.78. The Hall–Kier alpha value is -4.06. The fourth-order valence-electron chi connectivity index (χ4n) is 2.45. The molecule has 2 rings (SSSR count). The number of amides is 1. The predicted molar refractivity (Wildman–Crippen MR) is 119 cm³/mol. The first-order chi connectivity index (χ1) is 15.6. The number of nitrogens with zero attached hydrogens (tertiary/aromatic N) is 3. The van der Waals surface area contributed by atoms with Gasteiger partial charge in [0.2, 0.25) is 0 Å². The van der Waals surface area contributed by atoms with Crippen LogP contribution in [0.2, 0.25) is 0 Å². The number of carboxylic acids is 1. The van der Waals surface area contributed by atoms with Crippen LogP contribution >= 0.6 is 0 Å². The smallest absolute Gasteiger partial charge is 0.332 e. The first-order valence-electron chi connectivity index (χ1n) is 9.87. The summed E-state index contributed by atoms with van der Waals surface area (Å²) < 4.78 is 4.90. The van der Waals surface area contributed by atoms with E-state index in [0.29, 0.717) is 11.5 Å². The number of esters is 1. The number of aromatic nitrogens is 1. The van der Waals surface area contributed by atoms with Crippen LogP contribution in [0.3, 0.4) is 0 Å². The van der Waals surface area contributed by atoms with Crippen LogP contribution in [0.1, 0.15) is 30.6 Å². The fourth-order valence-corrected chi connectivity index (χ4v) is 2.45. The molecule has 1 unspecified atom stereocenters. The number of benzene rings is 1. The molecule has 0 fully saturated rings. The van der Waals surface area contributed by atoms with Crippen molar-refractivity contribution in [2.45, 2.75) is 26.4 Å². The lowest BCUT2D eigenvalue weighted by Gasteiger charge is -2.21. The van der Waals surface area contributed by atoms with Gasteiger partial charge in [0.05, 0.1) is 18.0 Å². The predicted octanol–water partition coefficient (Wildman–Crippen LogP) is 2.08. The number of aliphatic carboxylic acids is 1. The highest BCUT2D eigenvalue weighted by molar-refractivity contribution is 6.06. The normalized spacial score (nSPS) is 10.8. The molecule has 0 aliphatic carbocycles. The number of hydrogen-bond acceptors (Lipinski definition) is 9. The van der Waals surface area contributed by atoms with Crippen LogP contribution in [0, 0.1) is 10.1 Å². The molecular formula is C21H26N4O8. The average molecular weight is 462 g/mol. The molecule has 0 saturated heterocycles. The second-order valence-electron chi connectivity index (χ2n) is 6.45. The Morgan fingerprint density at radius 1 is 1.27 bits per heavy atom. The number of nitro benzene ring substituents is 1. The zero-order chi connectivity index (χ0) is 25.0. The van der Waals surface area contributed by atoms with Crippen molar-refractivity contribution in [3.63, 3.8) is 0 Å². The number of carbonyl (C=O) groups is 3. The van der Waals surface area contributed by atoms with E-state index in [1.165, 1.54) is 36.2 Å². The standard InChI is InChI=1S/C18H20N4O5.C3H6O3/c1-3-27-17(23)9-11-21(16-6-4-5-10-20-16)18(24)13-7-8-14(19-2)15(12-13)22(25)26;1-2(4)3(5)6/h4-8,10,12,19H,3,9,11H2,1-2H3;2,4H,1H3,(H,5,6). The topological polar surface area (TPSA) is 172 Å². The third-order valence-corrected chi connectivity index (χ3v) is 4.08. The molecule has 0 saturated carbocycles. The highest BCUT2D eigenvalue weighted by atomic mass is 16.6. The highest BCUT2D eigenvalue weighted by Crippen LogP contribution is 2.26. The van der Waals surface area contributed by atoms with Crippen molar-refractivity contribution in [1.82, 2.24) is 4.98 Å². The molecule has 0 aliphatic rings. The van der Waals surface area contributed by atoms with Crippen LogP contribution in [0.25, 0.3) is 0 Å². The van der Waals surface area contributed by atoms with Crippen LogP contribution in [0.4, 0.5) is 17.2 Å². The van der Waals surface area contributed by atoms with Gasteiger partial charge >= 0.3 is 11.9 Å². The summed E-state index contributed by atoms with van der Waals surface area (Å²) in [6.45, 7) is 3.18. The molecule has 0 bridgehead atoms. The number of ether oxygens (including phenoxy) is 1. The lowest BCUT2D eigenvalue weighted by atomic mass is 10.1. The molecule has 0 aliphatic heterocycles. The number of carboxylic acid groups (broad SMARTS) is 1. The summed E-state index contributed by atoms with van der Waals surface area (Å²) in [7, 11) is 1.56. The molecule has 2 aromatic rings. The van der Waals surface area contributed by atoms with Gasteiger partial charge in [-0.2, -0.15) is 0 Å². The van der Waals surface area contributed by atoms with E-state index in [-0.39, 0.29) is 30.8 Å². The highest BCUT2D eigenvalue weighted by Gasteiger charge is 2.23. The van der Waals surface area contributed by atoms with Gasteiger partial charge in [-0.3, -0.25) is 24.6 Å². The maximum Gasteiger partial charge on any atom is 0.332 e. The van der Waals surface area contributed by atoms with E-state index in [0.717, 1.165) is 0 Å². The lowest BCUT2D eigenvalue weighted by molar-refractivity contribution is -0.384. The van der Waals surface area contributed by atoms with Gasteiger partial charge in [0.25, 0.3) is 11.6 Å². The maximum atomic E-state index is 13.0. The summed E-state index contributed by atoms with van der Waals surface area (Å²) in [6.07, 6.45) is 0.268. The number of hydrogen-bond donors (Lipinski definition) is 3. The summed E-state index contributed by atoms with van der Waals surface area (Å²) in [5, 5.41) is 29.7. The van der Waals surface area contributed by atoms with E-state index < -0.39 is 28.9 Å². The molecule has 3 N–H and O–H groups in total. The summed E-state index contributed by atoms with van der Waals surface area (Å²) in [5.41, 5.74) is 0.206. The quantitative estimate of drug-likeness (QED) is 0.284. The first kappa shape index (κ1) is 27.0. The number of pyridine rings is 1. The van der Waals surface area contributed by atoms with Crippen molar-refractivity contribution in [3.8, 4) is 0 Å². The van der Waals surface area contributed by atoms with E-state index >= 15 is 0 Å². The Kier molecular flexibility index (Phi) is 10.9. The van der Waals surface area contributed by atoms with Gasteiger partial charge in [-0.05, 0) is 38.1 Å². The van der Waals surface area contributed by atoms with Gasteiger partial charge in [0.1, 0.15) is 17.6 Å². The number of aliphatic hydroxyl groups is 1. The number of nitro groups is 1. The Morgan fingerprint density at radius 3 is 2.42 bits per heavy atom. The van der Waals surface area contributed by atoms with E-state index in [9.17, 15) is 24.5 Å². The fraction of sp³-hybridized carbons (Fsp3) is 0.333. The van der Waals surface area contributed by atoms with E-state index in [1.54, 1.807) is 32.2 Å². The monoisotopic (exact) mass is 462 g/mol. The van der Waals surface area contributed by atoms with Crippen LogP contribution in [0.5, 0.6) is 0 Å². The second kappa shape index (κ2) is 13.4. The van der Waals surface area contributed by atoms with Gasteiger partial charge in [-0.25, -0.2) is 9.78 Å². The Labute approximate surface area is 190 Å². The van der Waals surface area contributed by atoms with Crippen molar-refractivity contribution in [3.05, 3.63) is 58.3 Å². The molecule has 1 heterocycles. The molecule has 12 nitrogen and oxygen atoms in total. The molecule has 0 spiro atoms. The number of aliphatic hydroxyl groups excluding tert-OH is 1. The number of rotatable bonds is 9. The molecule has 33 heavy (non-hydrogen) atoms. The third kappa shape index (κ3) is 8.53. The Bertz CT molecular complexity index is 966. The minimum atomic E-state index is -1.23. The summed E-state index contributed by atoms with van der Waals surface area (Å²) in [4.78, 5) is 50.3. The number of anilines is 2. The van der Waals surface area contributed by atoms with Gasteiger partial charge in [0, 0.05) is 31.4 Å². The average Bonchev–Trinajstić information content (AvgIpc) is 2.79. The maximum absolute atomic E-state index is 13.0. The Morgan fingerprint density at radius 2 is 1.94 bits per heavy atom. The van der Waals surface area contributed by atoms with Crippen LogP contribution < -0.4 is 10.2 Å². The minimum Gasteiger partial charge on any atom is -0.479 e. The molecule has 0 radical (unpaired) electrons. The molecule has 1 aromatic heterocycles. The van der Waals surface area contributed by atoms with Gasteiger partial charge in [-0.1, -0.05) is 6.07 Å². The summed E-state index contributed by atoms with van der Waals surface area (Å²) >= 11 is 0. The van der Waals surface area contributed by atoms with E-state index in [2.05, 4.69) is 10.3 Å². The van der Waals surface area contributed by atoms with Crippen LogP contribution in [0.15, 0.2) is 42.6 Å². The van der Waals surface area contributed by atoms with Gasteiger partial charge in [0.15, 0.2) is 0 Å². The van der Waals surface area contributed by atoms with Crippen molar-refractivity contribution < 1.29 is 34.3 Å². The SMILES string of the molecule is CC(O)C(=O)O.CCOC(=O)CCN(C(=O)c1ccc(NC)c([N+](=O)[O-])c1)c1ccccn1. The van der Waals surface area contributed by atoms with Crippen molar-refractivity contribution in [1.29, 1.82) is 0 Å². The van der Waals surface area contributed by atoms with E-state index in [1.807, 2.05) is 0 Å². The Balaban J connectivity index is 0.000000801. The van der Waals surface area contributed by atoms with E-state index in [4.69, 9.17) is 14.9 Å². The van der Waals surface area contributed by atoms with Crippen LogP contribution in [-0.2, 0) is 14.3 Å². The summed E-state index contributed by atoms with van der Waals surface area (Å²) in [6, 6.07) is 9.19. The van der Waals surface area contributed by atoms with Crippen molar-refractivity contribution >= 4 is 35.0 Å². The molecule has 12 heteroatoms. The van der Waals surface area contributed by atoms with Crippen molar-refractivity contribution in [2.75, 3.05) is 30.4 Å². The zero-order valence-corrected chi connectivity index (χ0v) is 18.4. The van der Waals surface area contributed by atoms with Crippen LogP contribution in [-0.4, -0.2) is 64.3 Å². The van der Waals surface area contributed by atoms with Gasteiger partial charge < -0.3 is 20.3 Å². The largest absolute Gasteiger partial charge is 0.479 e. The first-order valence-corrected chi connectivity index (χ1v) is 9.87. The lowest BCUT2D eigenvalue weighted by Crippen LogP contribution is -2.34. The molecule has 1 aromatic carbocycles. The van der Waals surface area contributed by atoms with Gasteiger partial charge in [-0.15, -0.1) is 0 Å². The molecule has 1 amide bonds. The minimum absolute atomic E-state index is 0.0210. The molecular weight excluding hydrogens is 436 g/mol. The second-order valence-corrected chi connectivity index (χ2v) is 6.45. The molecule has 1 atom stereocenters. The number of nitrogens with one attached hydrogen (secondary N) is 1. The zero-order valence-electron chi connectivity index (χ0n) is 18.4. The number of carbonyl (C=O) groups excluding carboxylic acids is 2. The molecule has 178 valence electrons. The van der Waals surface area contributed by atoms with Crippen molar-refractivity contribution in [2.24, 2.45) is 0 Å².